The van der Waals surface area contributed by atoms with Crippen LogP contribution in [0.5, 0.6) is 11.5 Å². The molecular weight excluding hydrogens is 378 g/mol. The summed E-state index contributed by atoms with van der Waals surface area (Å²) in [7, 11) is 0. The minimum Gasteiger partial charge on any atom is -0.486 e. The third-order valence-corrected chi connectivity index (χ3v) is 5.62. The second kappa shape index (κ2) is 9.78. The van der Waals surface area contributed by atoms with Crippen LogP contribution >= 0.6 is 0 Å². The molecule has 1 N–H and O–H groups in total. The molecule has 0 bridgehead atoms. The van der Waals surface area contributed by atoms with E-state index in [0.29, 0.717) is 19.0 Å². The van der Waals surface area contributed by atoms with Crippen molar-refractivity contribution in [1.29, 1.82) is 0 Å². The molecule has 1 fully saturated rings. The highest BCUT2D eigenvalue weighted by Gasteiger charge is 2.25. The van der Waals surface area contributed by atoms with Gasteiger partial charge in [-0.15, -0.1) is 0 Å². The Hall–Kier alpha value is -2.83. The Morgan fingerprint density at radius 1 is 1.03 bits per heavy atom. The number of carbonyl (C=O) groups is 1. The van der Waals surface area contributed by atoms with Crippen molar-refractivity contribution in [1.82, 2.24) is 9.80 Å². The van der Waals surface area contributed by atoms with Gasteiger partial charge in [-0.25, -0.2) is 0 Å². The second-order valence-corrected chi connectivity index (χ2v) is 7.67. The molecule has 1 amide bonds. The van der Waals surface area contributed by atoms with E-state index in [2.05, 4.69) is 51.5 Å². The molecule has 2 aliphatic heterocycles. The van der Waals surface area contributed by atoms with Gasteiger partial charge in [0, 0.05) is 44.5 Å². The van der Waals surface area contributed by atoms with Crippen LogP contribution in [0.15, 0.2) is 54.6 Å². The van der Waals surface area contributed by atoms with Crippen molar-refractivity contribution < 1.29 is 14.3 Å². The van der Waals surface area contributed by atoms with Crippen LogP contribution < -0.4 is 14.8 Å². The number of benzene rings is 2. The van der Waals surface area contributed by atoms with E-state index in [0.717, 1.165) is 44.2 Å². The Morgan fingerprint density at radius 2 is 1.77 bits per heavy atom. The van der Waals surface area contributed by atoms with Gasteiger partial charge in [-0.05, 0) is 24.6 Å². The van der Waals surface area contributed by atoms with Crippen molar-refractivity contribution in [3.63, 3.8) is 0 Å². The second-order valence-electron chi connectivity index (χ2n) is 7.67. The Bertz CT molecular complexity index is 877. The maximum absolute atomic E-state index is 12.7. The summed E-state index contributed by atoms with van der Waals surface area (Å²) in [6.45, 7) is 7.68. The molecule has 30 heavy (non-hydrogen) atoms. The maximum atomic E-state index is 12.7. The lowest BCUT2D eigenvalue weighted by Gasteiger charge is -2.37. The fourth-order valence-corrected chi connectivity index (χ4v) is 3.77. The molecule has 158 valence electrons. The number of piperazine rings is 1. The first kappa shape index (κ1) is 20.4. The molecule has 2 aromatic rings. The Kier molecular flexibility index (Phi) is 6.67. The third-order valence-electron chi connectivity index (χ3n) is 5.62. The molecule has 6 heteroatoms. The average molecular weight is 408 g/mol. The van der Waals surface area contributed by atoms with Gasteiger partial charge in [-0.3, -0.25) is 14.6 Å². The van der Waals surface area contributed by atoms with E-state index in [9.17, 15) is 4.79 Å². The molecule has 4 rings (SSSR count). The Balaban J connectivity index is 1.24. The van der Waals surface area contributed by atoms with Gasteiger partial charge in [-0.2, -0.15) is 0 Å². The van der Waals surface area contributed by atoms with E-state index in [1.165, 1.54) is 5.56 Å². The lowest BCUT2D eigenvalue weighted by Crippen LogP contribution is -2.52. The number of nitrogens with one attached hydrogen (secondary N) is 1. The molecule has 0 aliphatic carbocycles. The van der Waals surface area contributed by atoms with E-state index < -0.39 is 0 Å². The lowest BCUT2D eigenvalue weighted by atomic mass is 10.2. The summed E-state index contributed by atoms with van der Waals surface area (Å²) in [5, 5.41) is 3.01. The van der Waals surface area contributed by atoms with Gasteiger partial charge < -0.3 is 14.8 Å². The van der Waals surface area contributed by atoms with Crippen LogP contribution in [0.4, 0.5) is 5.69 Å². The molecule has 0 spiro atoms. The summed E-state index contributed by atoms with van der Waals surface area (Å²) < 4.78 is 11.1. The van der Waals surface area contributed by atoms with E-state index in [4.69, 9.17) is 9.47 Å². The van der Waals surface area contributed by atoms with Crippen LogP contribution in [-0.4, -0.2) is 67.7 Å². The number of amides is 1. The van der Waals surface area contributed by atoms with Crippen LogP contribution in [0.2, 0.25) is 0 Å². The van der Waals surface area contributed by atoms with Crippen molar-refractivity contribution in [3.8, 4) is 11.5 Å². The maximum Gasteiger partial charge on any atom is 0.241 e. The first-order chi connectivity index (χ1) is 14.7. The van der Waals surface area contributed by atoms with Gasteiger partial charge in [0.25, 0.3) is 0 Å². The van der Waals surface area contributed by atoms with Gasteiger partial charge in [0.2, 0.25) is 5.91 Å². The highest BCUT2D eigenvalue weighted by molar-refractivity contribution is 5.94. The zero-order valence-electron chi connectivity index (χ0n) is 17.4. The molecule has 0 saturated carbocycles. The zero-order valence-corrected chi connectivity index (χ0v) is 17.4. The predicted octanol–water partition coefficient (Wildman–Crippen LogP) is 3.12. The number of rotatable bonds is 6. The van der Waals surface area contributed by atoms with E-state index in [-0.39, 0.29) is 11.9 Å². The highest BCUT2D eigenvalue weighted by atomic mass is 16.6. The number of anilines is 1. The summed E-state index contributed by atoms with van der Waals surface area (Å²) in [5.74, 6) is 1.41. The monoisotopic (exact) mass is 407 g/mol. The van der Waals surface area contributed by atoms with Gasteiger partial charge in [0.1, 0.15) is 13.2 Å². The number of hydrogen-bond donors (Lipinski definition) is 1. The molecule has 0 radical (unpaired) electrons. The SMILES string of the molecule is C[C@H](C(=O)Nc1ccc2c(c1)OCCO2)N1CCN(C/C=C/c2ccccc2)CC1. The average Bonchev–Trinajstić information content (AvgIpc) is 2.80. The Morgan fingerprint density at radius 3 is 2.53 bits per heavy atom. The van der Waals surface area contributed by atoms with Crippen molar-refractivity contribution >= 4 is 17.7 Å². The number of nitrogens with zero attached hydrogens (tertiary/aromatic N) is 2. The van der Waals surface area contributed by atoms with Crippen LogP contribution in [0, 0.1) is 0 Å². The largest absolute Gasteiger partial charge is 0.486 e. The van der Waals surface area contributed by atoms with Crippen LogP contribution in [0.1, 0.15) is 12.5 Å². The smallest absolute Gasteiger partial charge is 0.241 e. The van der Waals surface area contributed by atoms with Crippen molar-refractivity contribution in [2.24, 2.45) is 0 Å². The van der Waals surface area contributed by atoms with Gasteiger partial charge >= 0.3 is 0 Å². The quantitative estimate of drug-likeness (QED) is 0.798. The molecule has 2 aliphatic rings. The minimum atomic E-state index is -0.180. The first-order valence-electron chi connectivity index (χ1n) is 10.6. The number of fused-ring (bicyclic) bond motifs is 1. The first-order valence-corrected chi connectivity index (χ1v) is 10.6. The summed E-state index contributed by atoms with van der Waals surface area (Å²) in [5.41, 5.74) is 1.96. The topological polar surface area (TPSA) is 54.0 Å². The van der Waals surface area contributed by atoms with Gasteiger partial charge in [0.15, 0.2) is 11.5 Å². The molecule has 1 atom stereocenters. The summed E-state index contributed by atoms with van der Waals surface area (Å²) in [6.07, 6.45) is 4.37. The molecule has 2 aromatic carbocycles. The number of hydrogen-bond acceptors (Lipinski definition) is 5. The minimum absolute atomic E-state index is 0.00380. The molecule has 2 heterocycles. The fraction of sp³-hybridized carbons (Fsp3) is 0.375. The van der Waals surface area contributed by atoms with Gasteiger partial charge in [0.05, 0.1) is 6.04 Å². The van der Waals surface area contributed by atoms with E-state index >= 15 is 0 Å². The van der Waals surface area contributed by atoms with E-state index in [1.807, 2.05) is 31.2 Å². The standard InChI is InChI=1S/C24H29N3O3/c1-19(24(28)25-21-9-10-22-23(18-21)30-17-16-29-22)27-14-12-26(13-15-27)11-5-8-20-6-3-2-4-7-20/h2-10,18-19H,11-17H2,1H3,(H,25,28)/b8-5+/t19-/m1/s1. The van der Waals surface area contributed by atoms with Crippen molar-refractivity contribution in [2.45, 2.75) is 13.0 Å². The van der Waals surface area contributed by atoms with Crippen LogP contribution in [-0.2, 0) is 4.79 Å². The van der Waals surface area contributed by atoms with Crippen LogP contribution in [0.25, 0.3) is 6.08 Å². The van der Waals surface area contributed by atoms with Crippen LogP contribution in [0.3, 0.4) is 0 Å². The zero-order chi connectivity index (χ0) is 20.8. The highest BCUT2D eigenvalue weighted by Crippen LogP contribution is 2.32. The third kappa shape index (κ3) is 5.20. The lowest BCUT2D eigenvalue weighted by molar-refractivity contribution is -0.121. The molecule has 0 unspecified atom stereocenters. The predicted molar refractivity (Wildman–Crippen MR) is 119 cm³/mol. The Labute approximate surface area is 178 Å². The normalized spacial score (nSPS) is 18.3. The van der Waals surface area contributed by atoms with E-state index in [1.54, 1.807) is 0 Å². The fourth-order valence-electron chi connectivity index (χ4n) is 3.77. The van der Waals surface area contributed by atoms with Crippen molar-refractivity contribution in [2.75, 3.05) is 51.3 Å². The molecule has 1 saturated heterocycles. The summed E-state index contributed by atoms with van der Waals surface area (Å²) in [6, 6.07) is 15.7. The molecule has 6 nitrogen and oxygen atoms in total. The summed E-state index contributed by atoms with van der Waals surface area (Å²) in [4.78, 5) is 17.4. The number of carbonyl (C=O) groups excluding carboxylic acids is 1. The molecular formula is C24H29N3O3. The van der Waals surface area contributed by atoms with Crippen molar-refractivity contribution in [3.05, 3.63) is 60.2 Å². The molecule has 0 aromatic heterocycles. The number of ether oxygens (including phenoxy) is 2. The van der Waals surface area contributed by atoms with Gasteiger partial charge in [-0.1, -0.05) is 42.5 Å². The summed E-state index contributed by atoms with van der Waals surface area (Å²) >= 11 is 0.